The molecule has 15 heavy (non-hydrogen) atoms. The number of rotatable bonds is 2. The van der Waals surface area contributed by atoms with Crippen LogP contribution >= 0.6 is 0 Å². The topological polar surface area (TPSA) is 26.3 Å². The molecule has 1 aliphatic carbocycles. The van der Waals surface area contributed by atoms with Gasteiger partial charge in [0, 0.05) is 17.9 Å². The molecule has 1 unspecified atom stereocenters. The van der Waals surface area contributed by atoms with Crippen molar-refractivity contribution in [3.05, 3.63) is 29.3 Å². The van der Waals surface area contributed by atoms with Gasteiger partial charge in [0.1, 0.15) is 5.78 Å². The highest BCUT2D eigenvalue weighted by Gasteiger charge is 2.33. The molecule has 0 saturated heterocycles. The molecule has 1 fully saturated rings. The van der Waals surface area contributed by atoms with Crippen molar-refractivity contribution in [3.8, 4) is 5.75 Å². The molecule has 0 N–H and O–H groups in total. The Morgan fingerprint density at radius 2 is 2.07 bits per heavy atom. The van der Waals surface area contributed by atoms with Crippen LogP contribution in [0.25, 0.3) is 0 Å². The zero-order chi connectivity index (χ0) is 11.0. The fourth-order valence-corrected chi connectivity index (χ4v) is 1.71. The summed E-state index contributed by atoms with van der Waals surface area (Å²) in [6, 6.07) is 2.76. The highest BCUT2D eigenvalue weighted by molar-refractivity contribution is 5.91. The van der Waals surface area contributed by atoms with Crippen molar-refractivity contribution in [2.75, 3.05) is 7.11 Å². The maximum Gasteiger partial charge on any atom is 0.200 e. The van der Waals surface area contributed by atoms with Crippen molar-refractivity contribution in [2.24, 2.45) is 0 Å². The minimum absolute atomic E-state index is 0.0292. The van der Waals surface area contributed by atoms with E-state index in [1.807, 2.05) is 0 Å². The van der Waals surface area contributed by atoms with Crippen molar-refractivity contribution < 1.29 is 18.3 Å². The van der Waals surface area contributed by atoms with E-state index in [0.717, 1.165) is 0 Å². The molecule has 0 radical (unpaired) electrons. The molecule has 0 bridgehead atoms. The average molecular weight is 212 g/mol. The van der Waals surface area contributed by atoms with Crippen LogP contribution in [-0.4, -0.2) is 12.9 Å². The summed E-state index contributed by atoms with van der Waals surface area (Å²) in [5.41, 5.74) is 0.143. The normalized spacial score (nSPS) is 19.9. The molecule has 0 aliphatic heterocycles. The molecule has 0 aromatic heterocycles. The number of carbonyl (C=O) groups is 1. The van der Waals surface area contributed by atoms with E-state index >= 15 is 0 Å². The lowest BCUT2D eigenvalue weighted by Gasteiger charge is -2.24. The van der Waals surface area contributed by atoms with Crippen LogP contribution in [-0.2, 0) is 4.79 Å². The van der Waals surface area contributed by atoms with E-state index in [9.17, 15) is 13.6 Å². The van der Waals surface area contributed by atoms with Crippen molar-refractivity contribution in [3.63, 3.8) is 0 Å². The van der Waals surface area contributed by atoms with Gasteiger partial charge in [-0.15, -0.1) is 0 Å². The second kappa shape index (κ2) is 3.61. The van der Waals surface area contributed by atoms with Crippen LogP contribution in [0.2, 0.25) is 0 Å². The van der Waals surface area contributed by atoms with E-state index in [1.54, 1.807) is 0 Å². The van der Waals surface area contributed by atoms with Crippen LogP contribution in [0.3, 0.4) is 0 Å². The third-order valence-electron chi connectivity index (χ3n) is 2.74. The van der Waals surface area contributed by atoms with Gasteiger partial charge in [-0.05, 0) is 12.5 Å². The van der Waals surface area contributed by atoms with E-state index in [4.69, 9.17) is 0 Å². The van der Waals surface area contributed by atoms with E-state index in [1.165, 1.54) is 19.2 Å². The second-order valence-corrected chi connectivity index (χ2v) is 3.54. The highest BCUT2D eigenvalue weighted by atomic mass is 19.2. The summed E-state index contributed by atoms with van der Waals surface area (Å²) in [5.74, 6) is -2.62. The predicted molar refractivity (Wildman–Crippen MR) is 49.9 cm³/mol. The van der Waals surface area contributed by atoms with Crippen LogP contribution in [0.5, 0.6) is 5.75 Å². The number of ketones is 1. The van der Waals surface area contributed by atoms with E-state index in [-0.39, 0.29) is 17.1 Å². The van der Waals surface area contributed by atoms with E-state index in [0.29, 0.717) is 12.8 Å². The quantitative estimate of drug-likeness (QED) is 0.752. The van der Waals surface area contributed by atoms with Crippen molar-refractivity contribution in [1.29, 1.82) is 0 Å². The summed E-state index contributed by atoms with van der Waals surface area (Å²) in [6.45, 7) is 0. The molecule has 0 heterocycles. The second-order valence-electron chi connectivity index (χ2n) is 3.54. The van der Waals surface area contributed by atoms with Gasteiger partial charge in [0.15, 0.2) is 11.6 Å². The van der Waals surface area contributed by atoms with Crippen LogP contribution in [0.1, 0.15) is 24.3 Å². The summed E-state index contributed by atoms with van der Waals surface area (Å²) in [4.78, 5) is 11.1. The third kappa shape index (κ3) is 1.50. The molecule has 2 nitrogen and oxygen atoms in total. The van der Waals surface area contributed by atoms with Crippen molar-refractivity contribution in [1.82, 2.24) is 0 Å². The van der Waals surface area contributed by atoms with Gasteiger partial charge in [-0.25, -0.2) is 4.39 Å². The minimum atomic E-state index is -1.02. The zero-order valence-electron chi connectivity index (χ0n) is 8.22. The number of Topliss-reactive ketones (excluding diaryl/α,β-unsaturated/α-hetero) is 1. The molecule has 1 atom stereocenters. The molecule has 0 amide bonds. The van der Waals surface area contributed by atoms with Gasteiger partial charge in [0.2, 0.25) is 5.82 Å². The van der Waals surface area contributed by atoms with Gasteiger partial charge in [-0.3, -0.25) is 4.79 Å². The average Bonchev–Trinajstić information content (AvgIpc) is 2.23. The first kappa shape index (κ1) is 10.1. The lowest BCUT2D eigenvalue weighted by atomic mass is 9.78. The predicted octanol–water partition coefficient (Wildman–Crippen LogP) is 2.42. The highest BCUT2D eigenvalue weighted by Crippen LogP contribution is 2.36. The molecular weight excluding hydrogens is 202 g/mol. The van der Waals surface area contributed by atoms with Gasteiger partial charge in [0.25, 0.3) is 0 Å². The van der Waals surface area contributed by atoms with E-state index in [2.05, 4.69) is 4.74 Å². The van der Waals surface area contributed by atoms with Crippen LogP contribution in [0.15, 0.2) is 12.1 Å². The third-order valence-corrected chi connectivity index (χ3v) is 2.74. The number of hydrogen-bond donors (Lipinski definition) is 0. The summed E-state index contributed by atoms with van der Waals surface area (Å²) >= 11 is 0. The fourth-order valence-electron chi connectivity index (χ4n) is 1.71. The van der Waals surface area contributed by atoms with E-state index < -0.39 is 17.6 Å². The summed E-state index contributed by atoms with van der Waals surface area (Å²) in [5, 5.41) is 0. The Labute approximate surface area is 85.9 Å². The standard InChI is InChI=1S/C11H10F2O2/c1-15-9-5-3-7(10(12)11(9)13)6-2-4-8(6)14/h3,5-6H,2,4H2,1H3. The van der Waals surface area contributed by atoms with Gasteiger partial charge in [0.05, 0.1) is 7.11 Å². The van der Waals surface area contributed by atoms with Crippen molar-refractivity contribution >= 4 is 5.78 Å². The first-order valence-electron chi connectivity index (χ1n) is 4.69. The molecular formula is C11H10F2O2. The molecule has 1 aromatic rings. The molecule has 1 aromatic carbocycles. The van der Waals surface area contributed by atoms with Gasteiger partial charge in [-0.2, -0.15) is 4.39 Å². The summed E-state index contributed by atoms with van der Waals surface area (Å²) < 4.78 is 31.4. The molecule has 4 heteroatoms. The van der Waals surface area contributed by atoms with Gasteiger partial charge < -0.3 is 4.74 Å². The Hall–Kier alpha value is -1.45. The number of hydrogen-bond acceptors (Lipinski definition) is 2. The Bertz CT molecular complexity index is 415. The Morgan fingerprint density at radius 1 is 1.33 bits per heavy atom. The van der Waals surface area contributed by atoms with Crippen LogP contribution in [0.4, 0.5) is 8.78 Å². The molecule has 0 spiro atoms. The molecule has 1 saturated carbocycles. The minimum Gasteiger partial charge on any atom is -0.494 e. The monoisotopic (exact) mass is 212 g/mol. The Kier molecular flexibility index (Phi) is 2.42. The fraction of sp³-hybridized carbons (Fsp3) is 0.364. The lowest BCUT2D eigenvalue weighted by Crippen LogP contribution is -2.24. The largest absolute Gasteiger partial charge is 0.494 e. The SMILES string of the molecule is COc1ccc(C2CCC2=O)c(F)c1F. The smallest absolute Gasteiger partial charge is 0.200 e. The van der Waals surface area contributed by atoms with Crippen molar-refractivity contribution in [2.45, 2.75) is 18.8 Å². The number of halogens is 2. The lowest BCUT2D eigenvalue weighted by molar-refractivity contribution is -0.125. The molecule has 2 rings (SSSR count). The first-order chi connectivity index (χ1) is 7.15. The summed E-state index contributed by atoms with van der Waals surface area (Å²) in [7, 11) is 1.27. The zero-order valence-corrected chi connectivity index (χ0v) is 8.22. The van der Waals surface area contributed by atoms with Crippen LogP contribution < -0.4 is 4.74 Å². The number of benzene rings is 1. The molecule has 80 valence electrons. The Balaban J connectivity index is 2.41. The maximum absolute atomic E-state index is 13.5. The van der Waals surface area contributed by atoms with Crippen LogP contribution in [0, 0.1) is 11.6 Å². The first-order valence-corrected chi connectivity index (χ1v) is 4.69. The van der Waals surface area contributed by atoms with Gasteiger partial charge in [-0.1, -0.05) is 6.07 Å². The number of carbonyl (C=O) groups excluding carboxylic acids is 1. The summed E-state index contributed by atoms with van der Waals surface area (Å²) in [6.07, 6.45) is 1.05. The maximum atomic E-state index is 13.5. The molecule has 1 aliphatic rings. The van der Waals surface area contributed by atoms with Gasteiger partial charge >= 0.3 is 0 Å². The number of ether oxygens (including phenoxy) is 1. The number of methoxy groups -OCH3 is 1. The Morgan fingerprint density at radius 3 is 2.53 bits per heavy atom.